The zero-order valence-corrected chi connectivity index (χ0v) is 12.5. The molecule has 0 aliphatic carbocycles. The summed E-state index contributed by atoms with van der Waals surface area (Å²) in [6.45, 7) is 4.30. The van der Waals surface area contributed by atoms with Crippen LogP contribution in [0.1, 0.15) is 41.9 Å². The summed E-state index contributed by atoms with van der Waals surface area (Å²) in [6, 6.07) is 5.27. The Hall–Kier alpha value is -1.88. The lowest BCUT2D eigenvalue weighted by Crippen LogP contribution is -2.29. The highest BCUT2D eigenvalue weighted by molar-refractivity contribution is 5.93. The van der Waals surface area contributed by atoms with Crippen LogP contribution in [0.5, 0.6) is 0 Å². The number of piperidine rings is 1. The Morgan fingerprint density at radius 1 is 1.43 bits per heavy atom. The Labute approximate surface area is 123 Å². The summed E-state index contributed by atoms with van der Waals surface area (Å²) < 4.78 is 10.9. The molecule has 1 fully saturated rings. The van der Waals surface area contributed by atoms with Crippen molar-refractivity contribution in [2.45, 2.75) is 25.7 Å². The van der Waals surface area contributed by atoms with Crippen LogP contribution in [0.3, 0.4) is 0 Å². The zero-order chi connectivity index (χ0) is 14.8. The topological polar surface area (TPSA) is 55.6 Å². The average Bonchev–Trinajstić information content (AvgIpc) is 2.91. The summed E-state index contributed by atoms with van der Waals surface area (Å²) in [6.07, 6.45) is 2.13. The summed E-state index contributed by atoms with van der Waals surface area (Å²) >= 11 is 0. The second-order valence-electron chi connectivity index (χ2n) is 5.53. The second kappa shape index (κ2) is 5.85. The molecule has 0 bridgehead atoms. The van der Waals surface area contributed by atoms with Gasteiger partial charge in [0.2, 0.25) is 0 Å². The third-order valence-electron chi connectivity index (χ3n) is 3.98. The summed E-state index contributed by atoms with van der Waals surface area (Å²) in [5.74, 6) is 0.849. The molecule has 0 spiro atoms. The van der Waals surface area contributed by atoms with E-state index in [0.29, 0.717) is 18.1 Å². The number of aromatic nitrogens is 1. The van der Waals surface area contributed by atoms with Crippen LogP contribution >= 0.6 is 0 Å². The van der Waals surface area contributed by atoms with Gasteiger partial charge in [-0.15, -0.1) is 0 Å². The molecule has 2 aromatic rings. The fourth-order valence-corrected chi connectivity index (χ4v) is 2.72. The Morgan fingerprint density at radius 2 is 2.19 bits per heavy atom. The molecule has 1 aliphatic heterocycles. The molecule has 0 radical (unpaired) electrons. The second-order valence-corrected chi connectivity index (χ2v) is 5.53. The van der Waals surface area contributed by atoms with Gasteiger partial charge in [0.25, 0.3) is 0 Å². The van der Waals surface area contributed by atoms with Crippen LogP contribution in [0.4, 0.5) is 0 Å². The summed E-state index contributed by atoms with van der Waals surface area (Å²) in [7, 11) is 2.13. The molecule has 0 unspecified atom stereocenters. The van der Waals surface area contributed by atoms with Crippen molar-refractivity contribution in [3.8, 4) is 0 Å². The molecule has 5 nitrogen and oxygen atoms in total. The molecule has 1 saturated heterocycles. The Kier molecular flexibility index (Phi) is 3.92. The first-order chi connectivity index (χ1) is 10.2. The summed E-state index contributed by atoms with van der Waals surface area (Å²) in [5.41, 5.74) is 1.99. The van der Waals surface area contributed by atoms with Crippen molar-refractivity contribution in [2.24, 2.45) is 0 Å². The number of oxazole rings is 1. The van der Waals surface area contributed by atoms with Crippen molar-refractivity contribution in [3.63, 3.8) is 0 Å². The fourth-order valence-electron chi connectivity index (χ4n) is 2.72. The minimum atomic E-state index is -0.316. The number of esters is 1. The highest BCUT2D eigenvalue weighted by Gasteiger charge is 2.23. The minimum absolute atomic E-state index is 0.316. The molecule has 5 heteroatoms. The van der Waals surface area contributed by atoms with E-state index in [4.69, 9.17) is 9.15 Å². The lowest BCUT2D eigenvalue weighted by atomic mass is 9.97. The number of carbonyl (C=O) groups is 1. The van der Waals surface area contributed by atoms with E-state index in [2.05, 4.69) is 16.9 Å². The predicted molar refractivity (Wildman–Crippen MR) is 79.4 cm³/mol. The molecule has 0 amide bonds. The number of likely N-dealkylation sites (tertiary alicyclic amines) is 1. The molecule has 1 aromatic carbocycles. The van der Waals surface area contributed by atoms with Gasteiger partial charge < -0.3 is 14.1 Å². The van der Waals surface area contributed by atoms with Crippen molar-refractivity contribution in [2.75, 3.05) is 26.7 Å². The number of carbonyl (C=O) groups excluding carboxylic acids is 1. The van der Waals surface area contributed by atoms with Gasteiger partial charge in [-0.1, -0.05) is 0 Å². The van der Waals surface area contributed by atoms with Gasteiger partial charge in [-0.3, -0.25) is 0 Å². The SMILES string of the molecule is CCOC(=O)c1ccc2oc(C3CCN(C)CC3)nc2c1. The van der Waals surface area contributed by atoms with Gasteiger partial charge in [-0.25, -0.2) is 9.78 Å². The van der Waals surface area contributed by atoms with Crippen molar-refractivity contribution in [1.82, 2.24) is 9.88 Å². The first kappa shape index (κ1) is 14.1. The monoisotopic (exact) mass is 288 g/mol. The first-order valence-electron chi connectivity index (χ1n) is 7.43. The molecular formula is C16H20N2O3. The summed E-state index contributed by atoms with van der Waals surface area (Å²) in [5, 5.41) is 0. The van der Waals surface area contributed by atoms with Gasteiger partial charge in [-0.05, 0) is 58.1 Å². The first-order valence-corrected chi connectivity index (χ1v) is 7.43. The maximum Gasteiger partial charge on any atom is 0.338 e. The van der Waals surface area contributed by atoms with Gasteiger partial charge in [0, 0.05) is 5.92 Å². The molecule has 3 rings (SSSR count). The van der Waals surface area contributed by atoms with Crippen LogP contribution in [-0.4, -0.2) is 42.6 Å². The normalized spacial score (nSPS) is 17.2. The van der Waals surface area contributed by atoms with Crippen molar-refractivity contribution >= 4 is 17.1 Å². The van der Waals surface area contributed by atoms with E-state index >= 15 is 0 Å². The van der Waals surface area contributed by atoms with Crippen LogP contribution in [0.25, 0.3) is 11.1 Å². The highest BCUT2D eigenvalue weighted by atomic mass is 16.5. The van der Waals surface area contributed by atoms with E-state index in [0.717, 1.165) is 42.9 Å². The Morgan fingerprint density at radius 3 is 2.90 bits per heavy atom. The third kappa shape index (κ3) is 2.93. The molecule has 1 aromatic heterocycles. The molecule has 21 heavy (non-hydrogen) atoms. The molecular weight excluding hydrogens is 268 g/mol. The van der Waals surface area contributed by atoms with Crippen LogP contribution in [0, 0.1) is 0 Å². The number of fused-ring (bicyclic) bond motifs is 1. The number of rotatable bonds is 3. The molecule has 1 aliphatic rings. The van der Waals surface area contributed by atoms with E-state index in [-0.39, 0.29) is 5.97 Å². The van der Waals surface area contributed by atoms with Crippen molar-refractivity contribution in [3.05, 3.63) is 29.7 Å². The number of hydrogen-bond acceptors (Lipinski definition) is 5. The Balaban J connectivity index is 1.84. The third-order valence-corrected chi connectivity index (χ3v) is 3.98. The number of ether oxygens (including phenoxy) is 1. The van der Waals surface area contributed by atoms with E-state index in [1.807, 2.05) is 0 Å². The molecule has 0 N–H and O–H groups in total. The zero-order valence-electron chi connectivity index (χ0n) is 12.5. The maximum atomic E-state index is 11.7. The molecule has 0 atom stereocenters. The molecule has 0 saturated carbocycles. The van der Waals surface area contributed by atoms with E-state index in [1.54, 1.807) is 25.1 Å². The van der Waals surface area contributed by atoms with Crippen molar-refractivity contribution in [1.29, 1.82) is 0 Å². The smallest absolute Gasteiger partial charge is 0.338 e. The maximum absolute atomic E-state index is 11.7. The van der Waals surface area contributed by atoms with Gasteiger partial charge in [0.1, 0.15) is 5.52 Å². The largest absolute Gasteiger partial charge is 0.462 e. The molecule has 112 valence electrons. The van der Waals surface area contributed by atoms with Crippen LogP contribution < -0.4 is 0 Å². The van der Waals surface area contributed by atoms with E-state index in [9.17, 15) is 4.79 Å². The standard InChI is InChI=1S/C16H20N2O3/c1-3-20-16(19)12-4-5-14-13(10-12)17-15(21-14)11-6-8-18(2)9-7-11/h4-5,10-11H,3,6-9H2,1-2H3. The Bertz CT molecular complexity index is 642. The lowest BCUT2D eigenvalue weighted by Gasteiger charge is -2.26. The molecule has 2 heterocycles. The highest BCUT2D eigenvalue weighted by Crippen LogP contribution is 2.29. The van der Waals surface area contributed by atoms with Crippen LogP contribution in [0.2, 0.25) is 0 Å². The quantitative estimate of drug-likeness (QED) is 0.813. The number of nitrogens with zero attached hydrogens (tertiary/aromatic N) is 2. The van der Waals surface area contributed by atoms with Gasteiger partial charge >= 0.3 is 5.97 Å². The van der Waals surface area contributed by atoms with Gasteiger partial charge in [0.15, 0.2) is 11.5 Å². The predicted octanol–water partition coefficient (Wildman–Crippen LogP) is 2.81. The van der Waals surface area contributed by atoms with Crippen LogP contribution in [0.15, 0.2) is 22.6 Å². The average molecular weight is 288 g/mol. The minimum Gasteiger partial charge on any atom is -0.462 e. The fraction of sp³-hybridized carbons (Fsp3) is 0.500. The van der Waals surface area contributed by atoms with E-state index in [1.165, 1.54) is 0 Å². The van der Waals surface area contributed by atoms with Crippen LogP contribution in [-0.2, 0) is 4.74 Å². The van der Waals surface area contributed by atoms with Gasteiger partial charge in [0.05, 0.1) is 12.2 Å². The lowest BCUT2D eigenvalue weighted by molar-refractivity contribution is 0.0526. The van der Waals surface area contributed by atoms with Crippen molar-refractivity contribution < 1.29 is 13.9 Å². The number of benzene rings is 1. The van der Waals surface area contributed by atoms with Gasteiger partial charge in [-0.2, -0.15) is 0 Å². The number of hydrogen-bond donors (Lipinski definition) is 0. The van der Waals surface area contributed by atoms with E-state index < -0.39 is 0 Å². The summed E-state index contributed by atoms with van der Waals surface area (Å²) in [4.78, 5) is 18.6.